The molecule has 1 aliphatic rings. The molecule has 0 aliphatic heterocycles. The SMILES string of the molecule is [Ir].c1ccc2c(c1)Cc1c(-c3ccc4ccc5ccccc5c4n3)cccc1-2. The number of nitrogens with zero attached hydrogens (tertiary/aromatic N) is 1. The second kappa shape index (κ2) is 6.67. The van der Waals surface area contributed by atoms with Gasteiger partial charge in [0.05, 0.1) is 11.2 Å². The second-order valence-corrected chi connectivity index (χ2v) is 7.22. The average molecular weight is 536 g/mol. The Labute approximate surface area is 177 Å². The fraction of sp³-hybridized carbons (Fsp3) is 0.0385. The van der Waals surface area contributed by atoms with Crippen LogP contribution < -0.4 is 0 Å². The zero-order chi connectivity index (χ0) is 17.8. The van der Waals surface area contributed by atoms with Crippen LogP contribution in [0.4, 0.5) is 0 Å². The molecule has 0 saturated carbocycles. The van der Waals surface area contributed by atoms with Crippen LogP contribution in [0.25, 0.3) is 44.1 Å². The smallest absolute Gasteiger partial charge is 0.0787 e. The number of pyridine rings is 1. The molecule has 1 aromatic heterocycles. The normalized spacial score (nSPS) is 11.9. The molecule has 2 heteroatoms. The molecule has 4 aromatic carbocycles. The molecule has 0 unspecified atom stereocenters. The number of fused-ring (bicyclic) bond motifs is 6. The van der Waals surface area contributed by atoms with Crippen LogP contribution in [0.5, 0.6) is 0 Å². The van der Waals surface area contributed by atoms with Crippen LogP contribution in [0.1, 0.15) is 11.1 Å². The summed E-state index contributed by atoms with van der Waals surface area (Å²) in [6.45, 7) is 0. The van der Waals surface area contributed by atoms with Crippen molar-refractivity contribution in [3.8, 4) is 22.4 Å². The van der Waals surface area contributed by atoms with Gasteiger partial charge >= 0.3 is 0 Å². The summed E-state index contributed by atoms with van der Waals surface area (Å²) in [6.07, 6.45) is 0.983. The number of rotatable bonds is 1. The average Bonchev–Trinajstić information content (AvgIpc) is 3.12. The summed E-state index contributed by atoms with van der Waals surface area (Å²) in [6, 6.07) is 32.5. The van der Waals surface area contributed by atoms with Gasteiger partial charge in [-0.1, -0.05) is 84.9 Å². The minimum absolute atomic E-state index is 0. The van der Waals surface area contributed by atoms with Crippen LogP contribution in [-0.2, 0) is 26.5 Å². The van der Waals surface area contributed by atoms with Crippen LogP contribution in [0, 0.1) is 0 Å². The summed E-state index contributed by atoms with van der Waals surface area (Å²) in [5, 5.41) is 3.64. The molecule has 0 bridgehead atoms. The Balaban J connectivity index is 0.00000171. The van der Waals surface area contributed by atoms with Crippen LogP contribution in [-0.4, -0.2) is 4.98 Å². The van der Waals surface area contributed by atoms with E-state index in [0.29, 0.717) is 0 Å². The van der Waals surface area contributed by atoms with E-state index in [0.717, 1.165) is 17.6 Å². The molecule has 0 saturated heterocycles. The topological polar surface area (TPSA) is 12.9 Å². The van der Waals surface area contributed by atoms with Gasteiger partial charge in [0.2, 0.25) is 0 Å². The molecule has 0 spiro atoms. The fourth-order valence-corrected chi connectivity index (χ4v) is 4.40. The van der Waals surface area contributed by atoms with E-state index in [-0.39, 0.29) is 20.1 Å². The molecular formula is C26H17IrN. The monoisotopic (exact) mass is 536 g/mol. The fourth-order valence-electron chi connectivity index (χ4n) is 4.40. The summed E-state index contributed by atoms with van der Waals surface area (Å²) >= 11 is 0. The first-order valence-corrected chi connectivity index (χ1v) is 9.37. The van der Waals surface area contributed by atoms with E-state index in [4.69, 9.17) is 4.98 Å². The Morgan fingerprint density at radius 2 is 1.29 bits per heavy atom. The molecule has 1 heterocycles. The van der Waals surface area contributed by atoms with Crippen molar-refractivity contribution in [2.45, 2.75) is 6.42 Å². The van der Waals surface area contributed by atoms with Gasteiger partial charge in [-0.05, 0) is 40.1 Å². The van der Waals surface area contributed by atoms with E-state index in [1.165, 1.54) is 44.0 Å². The zero-order valence-corrected chi connectivity index (χ0v) is 17.5. The second-order valence-electron chi connectivity index (χ2n) is 7.22. The third kappa shape index (κ3) is 2.53. The summed E-state index contributed by atoms with van der Waals surface area (Å²) in [5.74, 6) is 0. The van der Waals surface area contributed by atoms with Crippen molar-refractivity contribution in [1.82, 2.24) is 4.98 Å². The van der Waals surface area contributed by atoms with Crippen molar-refractivity contribution in [3.05, 3.63) is 102 Å². The molecule has 135 valence electrons. The third-order valence-electron chi connectivity index (χ3n) is 5.71. The Bertz CT molecular complexity index is 1350. The molecule has 6 rings (SSSR count). The van der Waals surface area contributed by atoms with E-state index in [1.54, 1.807) is 0 Å². The van der Waals surface area contributed by atoms with Gasteiger partial charge in [0.25, 0.3) is 0 Å². The maximum absolute atomic E-state index is 5.11. The zero-order valence-electron chi connectivity index (χ0n) is 15.1. The Morgan fingerprint density at radius 3 is 2.25 bits per heavy atom. The van der Waals surface area contributed by atoms with Gasteiger partial charge < -0.3 is 0 Å². The van der Waals surface area contributed by atoms with E-state index in [9.17, 15) is 0 Å². The van der Waals surface area contributed by atoms with Crippen LogP contribution in [0.3, 0.4) is 0 Å². The quantitative estimate of drug-likeness (QED) is 0.216. The molecule has 0 amide bonds. The first-order chi connectivity index (χ1) is 13.4. The summed E-state index contributed by atoms with van der Waals surface area (Å²) in [7, 11) is 0. The van der Waals surface area contributed by atoms with Crippen molar-refractivity contribution in [2.75, 3.05) is 0 Å². The van der Waals surface area contributed by atoms with E-state index in [1.807, 2.05) is 0 Å². The van der Waals surface area contributed by atoms with E-state index >= 15 is 0 Å². The molecule has 5 aromatic rings. The minimum Gasteiger partial charge on any atom is -0.247 e. The maximum atomic E-state index is 5.11. The van der Waals surface area contributed by atoms with Gasteiger partial charge in [0.1, 0.15) is 0 Å². The molecular weight excluding hydrogens is 519 g/mol. The van der Waals surface area contributed by atoms with Crippen LogP contribution >= 0.6 is 0 Å². The first kappa shape index (κ1) is 17.3. The van der Waals surface area contributed by atoms with Crippen molar-refractivity contribution >= 4 is 21.7 Å². The van der Waals surface area contributed by atoms with Gasteiger partial charge in [-0.2, -0.15) is 0 Å². The molecule has 0 fully saturated rings. The molecule has 1 aliphatic carbocycles. The largest absolute Gasteiger partial charge is 0.247 e. The van der Waals surface area contributed by atoms with Gasteiger partial charge in [0.15, 0.2) is 0 Å². The molecule has 0 atom stereocenters. The standard InChI is InChI=1S/C26H17N.Ir/c1-4-9-21-17(6-1)12-13-18-14-15-25(27-26(18)21)23-11-5-10-22-20-8-3-2-7-19(20)16-24(22)23;/h1-15H,16H2;. The molecule has 28 heavy (non-hydrogen) atoms. The predicted molar refractivity (Wildman–Crippen MR) is 113 cm³/mol. The summed E-state index contributed by atoms with van der Waals surface area (Å²) in [5.41, 5.74) is 8.90. The van der Waals surface area contributed by atoms with Crippen molar-refractivity contribution in [2.24, 2.45) is 0 Å². The first-order valence-electron chi connectivity index (χ1n) is 9.37. The summed E-state index contributed by atoms with van der Waals surface area (Å²) in [4.78, 5) is 5.11. The van der Waals surface area contributed by atoms with Crippen LogP contribution in [0.15, 0.2) is 91.0 Å². The third-order valence-corrected chi connectivity index (χ3v) is 5.71. The predicted octanol–water partition coefficient (Wildman–Crippen LogP) is 6.62. The number of aromatic nitrogens is 1. The molecule has 1 nitrogen and oxygen atoms in total. The van der Waals surface area contributed by atoms with Crippen molar-refractivity contribution < 1.29 is 20.1 Å². The van der Waals surface area contributed by atoms with Gasteiger partial charge in [-0.15, -0.1) is 0 Å². The maximum Gasteiger partial charge on any atom is 0.0787 e. The minimum atomic E-state index is 0. The number of hydrogen-bond acceptors (Lipinski definition) is 1. The molecule has 0 N–H and O–H groups in total. The molecule has 1 radical (unpaired) electrons. The van der Waals surface area contributed by atoms with E-state index in [2.05, 4.69) is 91.0 Å². The van der Waals surface area contributed by atoms with Crippen LogP contribution in [0.2, 0.25) is 0 Å². The summed E-state index contributed by atoms with van der Waals surface area (Å²) < 4.78 is 0. The van der Waals surface area contributed by atoms with Crippen molar-refractivity contribution in [3.63, 3.8) is 0 Å². The van der Waals surface area contributed by atoms with Crippen molar-refractivity contribution in [1.29, 1.82) is 0 Å². The number of benzene rings is 4. The van der Waals surface area contributed by atoms with Gasteiger partial charge in [0, 0.05) is 36.4 Å². The van der Waals surface area contributed by atoms with Gasteiger partial charge in [-0.3, -0.25) is 0 Å². The van der Waals surface area contributed by atoms with E-state index < -0.39 is 0 Å². The number of hydrogen-bond donors (Lipinski definition) is 0. The van der Waals surface area contributed by atoms with Gasteiger partial charge in [-0.25, -0.2) is 4.98 Å². The Kier molecular flexibility index (Phi) is 4.12. The Morgan fingerprint density at radius 1 is 0.571 bits per heavy atom. The Hall–Kier alpha value is -2.80.